The van der Waals surface area contributed by atoms with Crippen LogP contribution in [0.1, 0.15) is 46.0 Å². The maximum atomic E-state index is 13.2. The summed E-state index contributed by atoms with van der Waals surface area (Å²) in [4.78, 5) is 27.7. The molecule has 14 nitrogen and oxygen atoms in total. The van der Waals surface area contributed by atoms with Crippen LogP contribution in [0.5, 0.6) is 11.5 Å². The fourth-order valence-corrected chi connectivity index (χ4v) is 3.59. The second kappa shape index (κ2) is 12.4. The largest absolute Gasteiger partial charge is 0.493 e. The first-order chi connectivity index (χ1) is 18.9. The van der Waals surface area contributed by atoms with Crippen molar-refractivity contribution in [1.29, 1.82) is 0 Å². The summed E-state index contributed by atoms with van der Waals surface area (Å²) in [7, 11) is 1.45. The number of nitrogen functional groups attached to an aromatic ring is 1. The summed E-state index contributed by atoms with van der Waals surface area (Å²) in [6.07, 6.45) is 1.41. The molecule has 1 amide bonds. The molecule has 2 heterocycles. The van der Waals surface area contributed by atoms with Crippen molar-refractivity contribution in [2.45, 2.75) is 20.4 Å². The van der Waals surface area contributed by atoms with Crippen LogP contribution in [0.2, 0.25) is 0 Å². The van der Waals surface area contributed by atoms with Gasteiger partial charge in [0.2, 0.25) is 11.6 Å². The Labute approximate surface area is 223 Å². The number of ether oxygens (including phenoxy) is 2. The zero-order chi connectivity index (χ0) is 27.8. The fraction of sp³-hybridized carbons (Fsp3) is 0.240. The van der Waals surface area contributed by atoms with Gasteiger partial charge in [-0.3, -0.25) is 9.69 Å². The van der Waals surface area contributed by atoms with Gasteiger partial charge in [0.05, 0.1) is 18.9 Å². The molecule has 39 heavy (non-hydrogen) atoms. The minimum Gasteiger partial charge on any atom is -0.493 e. The van der Waals surface area contributed by atoms with Crippen LogP contribution >= 0.6 is 0 Å². The molecule has 0 unspecified atom stereocenters. The summed E-state index contributed by atoms with van der Waals surface area (Å²) >= 11 is 0. The molecule has 0 bridgehead atoms. The van der Waals surface area contributed by atoms with E-state index in [0.717, 1.165) is 17.8 Å². The van der Waals surface area contributed by atoms with Crippen LogP contribution in [0, 0.1) is 0 Å². The van der Waals surface area contributed by atoms with E-state index in [-0.39, 0.29) is 23.1 Å². The van der Waals surface area contributed by atoms with Crippen molar-refractivity contribution in [3.63, 3.8) is 0 Å². The minimum absolute atomic E-state index is 0.0350. The van der Waals surface area contributed by atoms with Crippen LogP contribution in [0.15, 0.2) is 58.3 Å². The van der Waals surface area contributed by atoms with E-state index >= 15 is 0 Å². The average Bonchev–Trinajstić information content (AvgIpc) is 3.58. The number of nitrogens with two attached hydrogens (primary N) is 1. The zero-order valence-electron chi connectivity index (χ0n) is 21.6. The Balaban J connectivity index is 1.52. The van der Waals surface area contributed by atoms with Crippen molar-refractivity contribution >= 4 is 23.9 Å². The van der Waals surface area contributed by atoms with E-state index in [2.05, 4.69) is 40.7 Å². The fourth-order valence-electron chi connectivity index (χ4n) is 3.59. The van der Waals surface area contributed by atoms with Gasteiger partial charge in [0.25, 0.3) is 5.91 Å². The maximum Gasteiger partial charge on any atom is 0.343 e. The van der Waals surface area contributed by atoms with Gasteiger partial charge in [-0.15, -0.1) is 5.10 Å². The normalized spacial score (nSPS) is 11.2. The Kier molecular flexibility index (Phi) is 8.58. The van der Waals surface area contributed by atoms with E-state index < -0.39 is 11.9 Å². The predicted molar refractivity (Wildman–Crippen MR) is 140 cm³/mol. The Morgan fingerprint density at radius 1 is 1.13 bits per heavy atom. The number of rotatable bonds is 11. The van der Waals surface area contributed by atoms with Crippen LogP contribution in [0.4, 0.5) is 5.82 Å². The third-order valence-electron chi connectivity index (χ3n) is 5.70. The molecule has 0 aliphatic rings. The number of carbonyl (C=O) groups excluding carboxylic acids is 2. The van der Waals surface area contributed by atoms with Gasteiger partial charge in [0.1, 0.15) is 5.69 Å². The van der Waals surface area contributed by atoms with Crippen molar-refractivity contribution in [3.05, 3.63) is 71.0 Å². The van der Waals surface area contributed by atoms with Gasteiger partial charge in [-0.1, -0.05) is 37.3 Å². The van der Waals surface area contributed by atoms with E-state index in [4.69, 9.17) is 15.2 Å². The van der Waals surface area contributed by atoms with E-state index in [0.29, 0.717) is 29.1 Å². The summed E-state index contributed by atoms with van der Waals surface area (Å²) in [5.74, 6) is -0.577. The number of carbonyl (C=O) groups is 2. The summed E-state index contributed by atoms with van der Waals surface area (Å²) in [5, 5.41) is 19.5. The molecule has 0 radical (unpaired) electrons. The summed E-state index contributed by atoms with van der Waals surface area (Å²) in [6, 6.07) is 13.4. The van der Waals surface area contributed by atoms with Crippen molar-refractivity contribution in [1.82, 2.24) is 35.6 Å². The first-order valence-electron chi connectivity index (χ1n) is 12.0. The standard InChI is InChI=1S/C25H27N9O5/c1-4-33(5-2)15-18-21(34(32-28-18)23-22(26)30-39-31-23)24(35)29-27-14-16-11-12-19(20(13-16)37-3)38-25(36)17-9-7-6-8-10-17/h6-14H,4-5,15H2,1-3H3,(H2,26,30)(H,29,35)/b27-14+. The Bertz CT molecular complexity index is 1460. The highest BCUT2D eigenvalue weighted by Crippen LogP contribution is 2.28. The molecule has 0 aliphatic carbocycles. The van der Waals surface area contributed by atoms with Crippen molar-refractivity contribution in [2.75, 3.05) is 25.9 Å². The predicted octanol–water partition coefficient (Wildman–Crippen LogP) is 2.07. The van der Waals surface area contributed by atoms with Crippen LogP contribution in [0.3, 0.4) is 0 Å². The monoisotopic (exact) mass is 533 g/mol. The first-order valence-corrected chi connectivity index (χ1v) is 12.0. The minimum atomic E-state index is -0.596. The highest BCUT2D eigenvalue weighted by Gasteiger charge is 2.25. The molecule has 3 N–H and O–H groups in total. The molecule has 0 saturated carbocycles. The molecule has 14 heteroatoms. The van der Waals surface area contributed by atoms with Gasteiger partial charge in [-0.05, 0) is 59.3 Å². The number of anilines is 1. The number of methoxy groups -OCH3 is 1. The van der Waals surface area contributed by atoms with E-state index in [9.17, 15) is 9.59 Å². The van der Waals surface area contributed by atoms with Gasteiger partial charge in [0, 0.05) is 6.54 Å². The SMILES string of the molecule is CCN(CC)Cc1nnn(-c2nonc2N)c1C(=O)N/N=C/c1ccc(OC(=O)c2ccccc2)c(OC)c1. The number of esters is 1. The topological polar surface area (TPSA) is 176 Å². The molecular weight excluding hydrogens is 506 g/mol. The van der Waals surface area contributed by atoms with Gasteiger partial charge in [-0.2, -0.15) is 9.78 Å². The van der Waals surface area contributed by atoms with Gasteiger partial charge >= 0.3 is 5.97 Å². The van der Waals surface area contributed by atoms with Crippen LogP contribution in [0.25, 0.3) is 5.82 Å². The van der Waals surface area contributed by atoms with Crippen molar-refractivity contribution in [2.24, 2.45) is 5.10 Å². The highest BCUT2D eigenvalue weighted by atomic mass is 16.6. The third-order valence-corrected chi connectivity index (χ3v) is 5.70. The number of amides is 1. The van der Waals surface area contributed by atoms with E-state index in [1.807, 2.05) is 19.9 Å². The molecule has 2 aromatic carbocycles. The summed E-state index contributed by atoms with van der Waals surface area (Å²) < 4.78 is 16.6. The maximum absolute atomic E-state index is 13.2. The molecule has 4 aromatic rings. The number of nitrogens with zero attached hydrogens (tertiary/aromatic N) is 7. The lowest BCUT2D eigenvalue weighted by Crippen LogP contribution is -2.27. The lowest BCUT2D eigenvalue weighted by molar-refractivity contribution is 0.0729. The number of aromatic nitrogens is 5. The van der Waals surface area contributed by atoms with E-state index in [1.165, 1.54) is 13.3 Å². The molecule has 4 rings (SSSR count). The summed E-state index contributed by atoms with van der Waals surface area (Å²) in [5.41, 5.74) is 9.76. The number of hydrogen-bond donors (Lipinski definition) is 2. The Morgan fingerprint density at radius 3 is 2.56 bits per heavy atom. The summed E-state index contributed by atoms with van der Waals surface area (Å²) in [6.45, 7) is 5.85. The Morgan fingerprint density at radius 2 is 1.90 bits per heavy atom. The number of benzene rings is 2. The van der Waals surface area contributed by atoms with Crippen molar-refractivity contribution < 1.29 is 23.7 Å². The van der Waals surface area contributed by atoms with Crippen LogP contribution in [-0.4, -0.2) is 68.5 Å². The average molecular weight is 534 g/mol. The molecule has 0 atom stereocenters. The quantitative estimate of drug-likeness (QED) is 0.125. The molecule has 202 valence electrons. The second-order valence-corrected chi connectivity index (χ2v) is 8.10. The molecule has 2 aromatic heterocycles. The lowest BCUT2D eigenvalue weighted by Gasteiger charge is -2.16. The molecule has 0 fully saturated rings. The number of hydrazone groups is 1. The lowest BCUT2D eigenvalue weighted by atomic mass is 10.2. The molecule has 0 saturated heterocycles. The zero-order valence-corrected chi connectivity index (χ0v) is 21.6. The number of hydrogen-bond acceptors (Lipinski definition) is 12. The molecular formula is C25H27N9O5. The van der Waals surface area contributed by atoms with Gasteiger partial charge < -0.3 is 15.2 Å². The number of nitrogens with one attached hydrogen (secondary N) is 1. The third kappa shape index (κ3) is 6.24. The van der Waals surface area contributed by atoms with Gasteiger partial charge in [0.15, 0.2) is 17.2 Å². The smallest absolute Gasteiger partial charge is 0.343 e. The second-order valence-electron chi connectivity index (χ2n) is 8.10. The van der Waals surface area contributed by atoms with Crippen LogP contribution in [-0.2, 0) is 6.54 Å². The highest BCUT2D eigenvalue weighted by molar-refractivity contribution is 5.95. The molecule has 0 aliphatic heterocycles. The van der Waals surface area contributed by atoms with Gasteiger partial charge in [-0.25, -0.2) is 14.8 Å². The van der Waals surface area contributed by atoms with Crippen LogP contribution < -0.4 is 20.6 Å². The molecule has 0 spiro atoms. The Hall–Kier alpha value is -5.11. The van der Waals surface area contributed by atoms with Crippen molar-refractivity contribution in [3.8, 4) is 17.3 Å². The first kappa shape index (κ1) is 26.9. The van der Waals surface area contributed by atoms with E-state index in [1.54, 1.807) is 42.5 Å².